The Morgan fingerprint density at radius 1 is 1.29 bits per heavy atom. The SMILES string of the molecule is CCC(C)C(C)NC(=O)NCCc1cccc(C(=O)O)c1. The first-order valence-electron chi connectivity index (χ1n) is 7.30. The van der Waals surface area contributed by atoms with Crippen LogP contribution in [0.1, 0.15) is 43.1 Å². The van der Waals surface area contributed by atoms with Crippen molar-refractivity contribution in [1.82, 2.24) is 10.6 Å². The largest absolute Gasteiger partial charge is 0.478 e. The summed E-state index contributed by atoms with van der Waals surface area (Å²) < 4.78 is 0. The first-order chi connectivity index (χ1) is 9.93. The number of urea groups is 1. The van der Waals surface area contributed by atoms with Crippen LogP contribution in [0.4, 0.5) is 4.79 Å². The number of aromatic carboxylic acids is 1. The van der Waals surface area contributed by atoms with E-state index in [1.54, 1.807) is 18.2 Å². The highest BCUT2D eigenvalue weighted by Gasteiger charge is 2.12. The minimum Gasteiger partial charge on any atom is -0.478 e. The van der Waals surface area contributed by atoms with E-state index in [1.165, 1.54) is 0 Å². The summed E-state index contributed by atoms with van der Waals surface area (Å²) in [5.41, 5.74) is 1.16. The summed E-state index contributed by atoms with van der Waals surface area (Å²) in [6, 6.07) is 6.70. The van der Waals surface area contributed by atoms with E-state index < -0.39 is 5.97 Å². The van der Waals surface area contributed by atoms with Gasteiger partial charge in [0.05, 0.1) is 5.56 Å². The van der Waals surface area contributed by atoms with Crippen molar-refractivity contribution in [2.24, 2.45) is 5.92 Å². The number of carboxylic acid groups (broad SMARTS) is 1. The number of rotatable bonds is 7. The molecule has 0 aliphatic rings. The van der Waals surface area contributed by atoms with Gasteiger partial charge in [-0.1, -0.05) is 32.4 Å². The molecule has 2 unspecified atom stereocenters. The molecule has 0 fully saturated rings. The minimum absolute atomic E-state index is 0.130. The summed E-state index contributed by atoms with van der Waals surface area (Å²) in [7, 11) is 0. The van der Waals surface area contributed by atoms with Crippen LogP contribution in [-0.4, -0.2) is 29.7 Å². The van der Waals surface area contributed by atoms with Gasteiger partial charge < -0.3 is 15.7 Å². The summed E-state index contributed by atoms with van der Waals surface area (Å²) in [5, 5.41) is 14.6. The third kappa shape index (κ3) is 5.85. The van der Waals surface area contributed by atoms with Crippen LogP contribution in [0.5, 0.6) is 0 Å². The molecule has 0 saturated carbocycles. The quantitative estimate of drug-likeness (QED) is 0.723. The summed E-state index contributed by atoms with van der Waals surface area (Å²) in [5.74, 6) is -0.507. The molecule has 5 nitrogen and oxygen atoms in total. The Morgan fingerprint density at radius 2 is 2.00 bits per heavy atom. The molecule has 0 aliphatic heterocycles. The predicted octanol–water partition coefficient (Wildman–Crippen LogP) is 2.66. The van der Waals surface area contributed by atoms with Crippen LogP contribution in [0.15, 0.2) is 24.3 Å². The second-order valence-corrected chi connectivity index (χ2v) is 5.33. The van der Waals surface area contributed by atoms with Crippen LogP contribution in [0.25, 0.3) is 0 Å². The van der Waals surface area contributed by atoms with Gasteiger partial charge in [0.25, 0.3) is 0 Å². The van der Waals surface area contributed by atoms with Crippen LogP contribution in [0.2, 0.25) is 0 Å². The van der Waals surface area contributed by atoms with Crippen LogP contribution in [-0.2, 0) is 6.42 Å². The molecular formula is C16H24N2O3. The lowest BCUT2D eigenvalue weighted by atomic mass is 10.0. The highest BCUT2D eigenvalue weighted by molar-refractivity contribution is 5.87. The van der Waals surface area contributed by atoms with E-state index >= 15 is 0 Å². The number of hydrogen-bond acceptors (Lipinski definition) is 2. The lowest BCUT2D eigenvalue weighted by molar-refractivity contribution is 0.0696. The van der Waals surface area contributed by atoms with E-state index in [2.05, 4.69) is 24.5 Å². The van der Waals surface area contributed by atoms with Crippen molar-refractivity contribution in [3.63, 3.8) is 0 Å². The lowest BCUT2D eigenvalue weighted by Gasteiger charge is -2.20. The second-order valence-electron chi connectivity index (χ2n) is 5.33. The third-order valence-electron chi connectivity index (χ3n) is 3.73. The molecule has 1 aromatic rings. The molecule has 0 aliphatic carbocycles. The van der Waals surface area contributed by atoms with Crippen LogP contribution in [0.3, 0.4) is 0 Å². The van der Waals surface area contributed by atoms with E-state index in [0.29, 0.717) is 18.9 Å². The molecule has 0 heterocycles. The average molecular weight is 292 g/mol. The molecule has 1 aromatic carbocycles. The summed E-state index contributed by atoms with van der Waals surface area (Å²) in [4.78, 5) is 22.6. The Hall–Kier alpha value is -2.04. The van der Waals surface area contributed by atoms with E-state index in [-0.39, 0.29) is 17.6 Å². The average Bonchev–Trinajstić information content (AvgIpc) is 2.46. The van der Waals surface area contributed by atoms with E-state index in [1.807, 2.05) is 13.0 Å². The lowest BCUT2D eigenvalue weighted by Crippen LogP contribution is -2.43. The first kappa shape index (κ1) is 17.0. The molecular weight excluding hydrogens is 268 g/mol. The van der Waals surface area contributed by atoms with Crippen molar-refractivity contribution >= 4 is 12.0 Å². The summed E-state index contributed by atoms with van der Waals surface area (Å²) in [6.07, 6.45) is 1.62. The van der Waals surface area contributed by atoms with Crippen LogP contribution >= 0.6 is 0 Å². The first-order valence-corrected chi connectivity index (χ1v) is 7.30. The van der Waals surface area contributed by atoms with Gasteiger partial charge in [-0.15, -0.1) is 0 Å². The van der Waals surface area contributed by atoms with Gasteiger partial charge in [0.2, 0.25) is 0 Å². The fraction of sp³-hybridized carbons (Fsp3) is 0.500. The molecule has 3 N–H and O–H groups in total. The number of benzene rings is 1. The standard InChI is InChI=1S/C16H24N2O3/c1-4-11(2)12(3)18-16(21)17-9-8-13-6-5-7-14(10-13)15(19)20/h5-7,10-12H,4,8-9H2,1-3H3,(H,19,20)(H2,17,18,21). The minimum atomic E-state index is -0.940. The molecule has 5 heteroatoms. The van der Waals surface area contributed by atoms with Crippen LogP contribution in [0, 0.1) is 5.92 Å². The molecule has 0 saturated heterocycles. The van der Waals surface area contributed by atoms with E-state index in [0.717, 1.165) is 12.0 Å². The van der Waals surface area contributed by atoms with Crippen molar-refractivity contribution in [2.75, 3.05) is 6.54 Å². The molecule has 0 aromatic heterocycles. The molecule has 2 amide bonds. The monoisotopic (exact) mass is 292 g/mol. The molecule has 0 spiro atoms. The number of hydrogen-bond donors (Lipinski definition) is 3. The van der Waals surface area contributed by atoms with E-state index in [9.17, 15) is 9.59 Å². The van der Waals surface area contributed by atoms with Gasteiger partial charge in [0, 0.05) is 12.6 Å². The van der Waals surface area contributed by atoms with Gasteiger partial charge >= 0.3 is 12.0 Å². The normalized spacial score (nSPS) is 13.3. The number of nitrogens with one attached hydrogen (secondary N) is 2. The zero-order valence-corrected chi connectivity index (χ0v) is 12.8. The molecule has 0 radical (unpaired) electrons. The predicted molar refractivity (Wildman–Crippen MR) is 82.6 cm³/mol. The zero-order valence-electron chi connectivity index (χ0n) is 12.8. The Balaban J connectivity index is 2.38. The maximum atomic E-state index is 11.7. The van der Waals surface area contributed by atoms with Crippen molar-refractivity contribution < 1.29 is 14.7 Å². The number of carbonyl (C=O) groups is 2. The molecule has 21 heavy (non-hydrogen) atoms. The third-order valence-corrected chi connectivity index (χ3v) is 3.73. The maximum Gasteiger partial charge on any atom is 0.335 e. The zero-order chi connectivity index (χ0) is 15.8. The number of carboxylic acids is 1. The highest BCUT2D eigenvalue weighted by Crippen LogP contribution is 2.07. The molecule has 1 rings (SSSR count). The summed E-state index contributed by atoms with van der Waals surface area (Å²) >= 11 is 0. The highest BCUT2D eigenvalue weighted by atomic mass is 16.4. The molecule has 116 valence electrons. The second kappa shape index (κ2) is 8.29. The Labute approximate surface area is 125 Å². The molecule has 2 atom stereocenters. The topological polar surface area (TPSA) is 78.4 Å². The Kier molecular flexibility index (Phi) is 6.72. The van der Waals surface area contributed by atoms with Gasteiger partial charge in [-0.3, -0.25) is 0 Å². The van der Waals surface area contributed by atoms with Crippen molar-refractivity contribution in [3.05, 3.63) is 35.4 Å². The number of carbonyl (C=O) groups excluding carboxylic acids is 1. The number of amides is 2. The van der Waals surface area contributed by atoms with Gasteiger partial charge in [-0.2, -0.15) is 0 Å². The van der Waals surface area contributed by atoms with Crippen LogP contribution < -0.4 is 10.6 Å². The van der Waals surface area contributed by atoms with Gasteiger partial charge in [0.1, 0.15) is 0 Å². The fourth-order valence-corrected chi connectivity index (χ4v) is 1.93. The Morgan fingerprint density at radius 3 is 2.62 bits per heavy atom. The van der Waals surface area contributed by atoms with Crippen molar-refractivity contribution in [1.29, 1.82) is 0 Å². The smallest absolute Gasteiger partial charge is 0.335 e. The van der Waals surface area contributed by atoms with E-state index in [4.69, 9.17) is 5.11 Å². The summed E-state index contributed by atoms with van der Waals surface area (Å²) in [6.45, 7) is 6.66. The van der Waals surface area contributed by atoms with Gasteiger partial charge in [0.15, 0.2) is 0 Å². The molecule has 0 bridgehead atoms. The van der Waals surface area contributed by atoms with Crippen molar-refractivity contribution in [2.45, 2.75) is 39.7 Å². The maximum absolute atomic E-state index is 11.7. The van der Waals surface area contributed by atoms with Crippen molar-refractivity contribution in [3.8, 4) is 0 Å². The van der Waals surface area contributed by atoms with Gasteiger partial charge in [-0.05, 0) is 37.0 Å². The van der Waals surface area contributed by atoms with Gasteiger partial charge in [-0.25, -0.2) is 9.59 Å². The fourth-order valence-electron chi connectivity index (χ4n) is 1.93. The Bertz CT molecular complexity index is 488.